The lowest BCUT2D eigenvalue weighted by Crippen LogP contribution is -2.55. The summed E-state index contributed by atoms with van der Waals surface area (Å²) in [5, 5.41) is 49.9. The quantitative estimate of drug-likeness (QED) is 0.226. The van der Waals surface area contributed by atoms with Gasteiger partial charge in [0.2, 0.25) is 0 Å². The van der Waals surface area contributed by atoms with Crippen LogP contribution in [0.2, 0.25) is 0 Å². The number of benzene rings is 1. The molecule has 13 nitrogen and oxygen atoms in total. The zero-order chi connectivity index (χ0) is 27.6. The molecule has 0 saturated carbocycles. The SMILES string of the molecule is CO[C@H]1C[SH]([C@@H]2COC[C@H](n3cc(-c4ccccc4)nn3)[C@H]2O)[C@H](CO)[C@H](O)[C@@H]1n1cc(-c2cncnc2)nn1. The second-order valence-corrected chi connectivity index (χ2v) is 12.7. The van der Waals surface area contributed by atoms with Gasteiger partial charge in [0.1, 0.15) is 29.8 Å². The Balaban J connectivity index is 1.23. The number of aliphatic hydroxyl groups is 3. The van der Waals surface area contributed by atoms with Crippen LogP contribution in [-0.2, 0) is 9.47 Å². The lowest BCUT2D eigenvalue weighted by atomic mass is 10.0. The van der Waals surface area contributed by atoms with Crippen LogP contribution in [0.15, 0.2) is 61.4 Å². The van der Waals surface area contributed by atoms with Crippen LogP contribution in [0.5, 0.6) is 0 Å². The third-order valence-electron chi connectivity index (χ3n) is 7.82. The van der Waals surface area contributed by atoms with Crippen molar-refractivity contribution in [2.45, 2.75) is 40.9 Å². The summed E-state index contributed by atoms with van der Waals surface area (Å²) in [5.41, 5.74) is 2.91. The van der Waals surface area contributed by atoms with Crippen molar-refractivity contribution < 1.29 is 24.8 Å². The number of ether oxygens (including phenoxy) is 2. The molecule has 40 heavy (non-hydrogen) atoms. The first-order valence-electron chi connectivity index (χ1n) is 13.1. The van der Waals surface area contributed by atoms with E-state index in [2.05, 4.69) is 30.6 Å². The zero-order valence-electron chi connectivity index (χ0n) is 21.8. The molecule has 0 amide bonds. The molecule has 3 N–H and O–H groups in total. The van der Waals surface area contributed by atoms with Crippen molar-refractivity contribution >= 4 is 10.9 Å². The maximum absolute atomic E-state index is 11.6. The highest BCUT2D eigenvalue weighted by atomic mass is 32.2. The Labute approximate surface area is 233 Å². The van der Waals surface area contributed by atoms with E-state index in [1.54, 1.807) is 35.1 Å². The number of aromatic nitrogens is 8. The Bertz CT molecular complexity index is 1390. The van der Waals surface area contributed by atoms with E-state index in [1.165, 1.54) is 6.33 Å². The molecule has 2 saturated heterocycles. The molecule has 1 unspecified atom stereocenters. The van der Waals surface area contributed by atoms with Crippen molar-refractivity contribution in [1.82, 2.24) is 40.0 Å². The van der Waals surface area contributed by atoms with E-state index in [0.29, 0.717) is 29.3 Å². The molecule has 2 aliphatic rings. The van der Waals surface area contributed by atoms with Crippen LogP contribution in [0.4, 0.5) is 0 Å². The third kappa shape index (κ3) is 5.02. The number of hydrogen-bond donors (Lipinski definition) is 4. The van der Waals surface area contributed by atoms with Gasteiger partial charge in [0.15, 0.2) is 0 Å². The number of hydrogen-bond acceptors (Lipinski definition) is 11. The normalized spacial score (nSPS) is 31.7. The van der Waals surface area contributed by atoms with Crippen molar-refractivity contribution in [3.8, 4) is 22.5 Å². The van der Waals surface area contributed by atoms with Gasteiger partial charge in [-0.3, -0.25) is 0 Å². The molecule has 0 spiro atoms. The molecule has 3 aromatic heterocycles. The van der Waals surface area contributed by atoms with E-state index in [4.69, 9.17) is 9.47 Å². The molecule has 0 aliphatic carbocycles. The summed E-state index contributed by atoms with van der Waals surface area (Å²) < 4.78 is 15.1. The van der Waals surface area contributed by atoms with Crippen LogP contribution >= 0.6 is 10.9 Å². The summed E-state index contributed by atoms with van der Waals surface area (Å²) in [6.45, 7) is 0.352. The number of rotatable bonds is 7. The van der Waals surface area contributed by atoms with Crippen molar-refractivity contribution in [2.24, 2.45) is 0 Å². The van der Waals surface area contributed by atoms with Gasteiger partial charge in [0.05, 0.1) is 50.5 Å². The van der Waals surface area contributed by atoms with Gasteiger partial charge in [0.25, 0.3) is 0 Å². The Morgan fingerprint density at radius 2 is 1.65 bits per heavy atom. The highest BCUT2D eigenvalue weighted by Gasteiger charge is 2.49. The Hall–Kier alpha value is -3.27. The van der Waals surface area contributed by atoms with E-state index in [1.807, 2.05) is 36.5 Å². The molecule has 6 rings (SSSR count). The summed E-state index contributed by atoms with van der Waals surface area (Å²) in [5.74, 6) is 0.535. The first-order valence-corrected chi connectivity index (χ1v) is 14.7. The highest BCUT2D eigenvalue weighted by molar-refractivity contribution is 8.18. The average Bonchev–Trinajstić information content (AvgIpc) is 3.69. The molecule has 1 aromatic carbocycles. The van der Waals surface area contributed by atoms with E-state index in [0.717, 1.165) is 5.56 Å². The molecule has 0 radical (unpaired) electrons. The van der Waals surface area contributed by atoms with Crippen LogP contribution in [0.25, 0.3) is 22.5 Å². The zero-order valence-corrected chi connectivity index (χ0v) is 22.7. The minimum absolute atomic E-state index is 0.247. The predicted molar refractivity (Wildman–Crippen MR) is 147 cm³/mol. The molecular weight excluding hydrogens is 536 g/mol. The topological polar surface area (TPSA) is 166 Å². The number of methoxy groups -OCH3 is 1. The number of thiol groups is 1. The van der Waals surface area contributed by atoms with Gasteiger partial charge in [-0.1, -0.05) is 40.8 Å². The molecule has 4 aromatic rings. The van der Waals surface area contributed by atoms with Gasteiger partial charge in [-0.05, 0) is 0 Å². The molecule has 14 heteroatoms. The minimum Gasteiger partial charge on any atom is -0.395 e. The molecule has 5 heterocycles. The second-order valence-electron chi connectivity index (χ2n) is 10.0. The smallest absolute Gasteiger partial charge is 0.116 e. The average molecular weight is 569 g/mol. The Morgan fingerprint density at radius 3 is 2.38 bits per heavy atom. The fourth-order valence-electron chi connectivity index (χ4n) is 5.68. The lowest BCUT2D eigenvalue weighted by molar-refractivity contribution is -0.0339. The predicted octanol–water partition coefficient (Wildman–Crippen LogP) is 0.287. The largest absolute Gasteiger partial charge is 0.395 e. The van der Waals surface area contributed by atoms with Gasteiger partial charge in [-0.25, -0.2) is 30.2 Å². The fourth-order valence-corrected chi connectivity index (χ4v) is 9.16. The highest BCUT2D eigenvalue weighted by Crippen LogP contribution is 2.51. The summed E-state index contributed by atoms with van der Waals surface area (Å²) in [6, 6.07) is 8.69. The molecule has 2 fully saturated rings. The third-order valence-corrected chi connectivity index (χ3v) is 11.2. The van der Waals surface area contributed by atoms with Crippen LogP contribution in [0.1, 0.15) is 12.1 Å². The van der Waals surface area contributed by atoms with Gasteiger partial charge < -0.3 is 24.8 Å². The van der Waals surface area contributed by atoms with Gasteiger partial charge in [-0.15, -0.1) is 10.2 Å². The lowest BCUT2D eigenvalue weighted by Gasteiger charge is -2.51. The van der Waals surface area contributed by atoms with Crippen molar-refractivity contribution in [3.63, 3.8) is 0 Å². The first-order chi connectivity index (χ1) is 19.6. The van der Waals surface area contributed by atoms with E-state index < -0.39 is 46.5 Å². The Kier molecular flexibility index (Phi) is 7.87. The standard InChI is InChI=1S/C26H32N8O5S/c1-38-21-14-40(22(11-35)26(37)24(21)34-10-19(30-32-34)17-7-27-15-28-8-17)23-13-39-12-20(25(23)36)33-9-18(29-31-33)16-5-3-2-4-6-16/h2-10,15,20-26,35-37,40H,11-14H2,1H3/t20-,21-,22+,23+,24+,25+,26-/m0/s1. The number of nitrogens with zero attached hydrogens (tertiary/aromatic N) is 8. The van der Waals surface area contributed by atoms with E-state index >= 15 is 0 Å². The monoisotopic (exact) mass is 568 g/mol. The fraction of sp³-hybridized carbons (Fsp3) is 0.462. The van der Waals surface area contributed by atoms with Crippen LogP contribution in [-0.4, -0.2) is 117 Å². The van der Waals surface area contributed by atoms with Gasteiger partial charge in [0, 0.05) is 46.9 Å². The minimum atomic E-state index is -1.13. The summed E-state index contributed by atoms with van der Waals surface area (Å²) in [6.07, 6.45) is 6.04. The molecule has 2 aliphatic heterocycles. The summed E-state index contributed by atoms with van der Waals surface area (Å²) in [4.78, 5) is 8.06. The van der Waals surface area contributed by atoms with E-state index in [-0.39, 0.29) is 18.5 Å². The molecule has 8 atom stereocenters. The van der Waals surface area contributed by atoms with Crippen molar-refractivity contribution in [1.29, 1.82) is 0 Å². The van der Waals surface area contributed by atoms with Crippen molar-refractivity contribution in [3.05, 3.63) is 61.4 Å². The van der Waals surface area contributed by atoms with Crippen LogP contribution < -0.4 is 0 Å². The second kappa shape index (κ2) is 11.7. The van der Waals surface area contributed by atoms with Crippen LogP contribution in [0, 0.1) is 0 Å². The summed E-state index contributed by atoms with van der Waals surface area (Å²) in [7, 11) is 0.466. The summed E-state index contributed by atoms with van der Waals surface area (Å²) >= 11 is 0. The van der Waals surface area contributed by atoms with E-state index in [9.17, 15) is 15.3 Å². The van der Waals surface area contributed by atoms with Gasteiger partial charge in [-0.2, -0.15) is 0 Å². The van der Waals surface area contributed by atoms with Gasteiger partial charge >= 0.3 is 0 Å². The first kappa shape index (κ1) is 26.9. The Morgan fingerprint density at radius 1 is 0.950 bits per heavy atom. The molecular formula is C26H32N8O5S. The molecule has 0 bridgehead atoms. The maximum atomic E-state index is 11.6. The van der Waals surface area contributed by atoms with Crippen LogP contribution in [0.3, 0.4) is 0 Å². The maximum Gasteiger partial charge on any atom is 0.116 e. The van der Waals surface area contributed by atoms with Crippen molar-refractivity contribution in [2.75, 3.05) is 32.7 Å². The molecule has 212 valence electrons. The number of aliphatic hydroxyl groups excluding tert-OH is 3.